The molecule has 1 aromatic carbocycles. The summed E-state index contributed by atoms with van der Waals surface area (Å²) < 4.78 is 3.29. The number of rotatable bonds is 5. The molecule has 2 saturated carbocycles. The van der Waals surface area contributed by atoms with Gasteiger partial charge in [0.1, 0.15) is 11.5 Å². The molecule has 0 spiro atoms. The third kappa shape index (κ3) is 7.14. The predicted molar refractivity (Wildman–Crippen MR) is 185 cm³/mol. The number of hydrogen-bond donors (Lipinski definition) is 2. The van der Waals surface area contributed by atoms with Crippen LogP contribution in [-0.2, 0) is 0 Å². The molecule has 7 nitrogen and oxygen atoms in total. The van der Waals surface area contributed by atoms with Crippen LogP contribution in [0.2, 0.25) is 0 Å². The summed E-state index contributed by atoms with van der Waals surface area (Å²) in [5.41, 5.74) is 7.95. The monoisotopic (exact) mass is 613 g/mol. The molecule has 4 aliphatic rings. The first kappa shape index (κ1) is 30.2. The van der Waals surface area contributed by atoms with Crippen molar-refractivity contribution in [2.45, 2.75) is 114 Å². The second-order valence-electron chi connectivity index (χ2n) is 13.7. The standard InChI is InChI=1S/C25H29N5S.C11H22N2/c1-2-9-20(10-3-1)29-14-6-8-19(17-29)27-24-12-13-25-26-16-21(30(25)28-24)23-15-18-7-4-5-11-22(18)31-23;12-10-5-4-8-13(9-10)11-6-2-1-3-7-11/h4-5,7,11-13,15-16,19-20H,1-3,6,8-10,14,17H2,(H,27,28);10-11H,1-9,12H2. The molecule has 0 radical (unpaired) electrons. The lowest BCUT2D eigenvalue weighted by Crippen LogP contribution is -2.48. The number of benzene rings is 1. The summed E-state index contributed by atoms with van der Waals surface area (Å²) in [6, 6.07) is 17.5. The van der Waals surface area contributed by atoms with Gasteiger partial charge in [0, 0.05) is 42.0 Å². The molecule has 0 amide bonds. The first-order valence-corrected chi connectivity index (χ1v) is 18.4. The highest BCUT2D eigenvalue weighted by Crippen LogP contribution is 2.34. The van der Waals surface area contributed by atoms with Gasteiger partial charge in [0.25, 0.3) is 0 Å². The van der Waals surface area contributed by atoms with Crippen LogP contribution in [0.1, 0.15) is 89.9 Å². The van der Waals surface area contributed by atoms with Crippen molar-refractivity contribution >= 4 is 32.9 Å². The molecular formula is C36H51N7S. The zero-order valence-corrected chi connectivity index (χ0v) is 27.2. The van der Waals surface area contributed by atoms with Crippen LogP contribution in [-0.4, -0.2) is 74.7 Å². The van der Waals surface area contributed by atoms with Crippen LogP contribution < -0.4 is 11.1 Å². The van der Waals surface area contributed by atoms with Gasteiger partial charge in [-0.1, -0.05) is 56.7 Å². The molecule has 0 bridgehead atoms. The van der Waals surface area contributed by atoms with E-state index in [9.17, 15) is 0 Å². The summed E-state index contributed by atoms with van der Waals surface area (Å²) in [7, 11) is 0. The van der Waals surface area contributed by atoms with Crippen LogP contribution in [0.5, 0.6) is 0 Å². The molecule has 8 heteroatoms. The Morgan fingerprint density at radius 1 is 0.750 bits per heavy atom. The predicted octanol–water partition coefficient (Wildman–Crippen LogP) is 7.56. The number of nitrogens with zero attached hydrogens (tertiary/aromatic N) is 5. The van der Waals surface area contributed by atoms with Crippen molar-refractivity contribution in [3.63, 3.8) is 0 Å². The Morgan fingerprint density at radius 2 is 1.45 bits per heavy atom. The van der Waals surface area contributed by atoms with Crippen LogP contribution in [0.25, 0.3) is 26.3 Å². The van der Waals surface area contributed by atoms with E-state index >= 15 is 0 Å². The highest BCUT2D eigenvalue weighted by atomic mass is 32.1. The van der Waals surface area contributed by atoms with Crippen molar-refractivity contribution < 1.29 is 0 Å². The molecule has 44 heavy (non-hydrogen) atoms. The molecule has 5 heterocycles. The van der Waals surface area contributed by atoms with Gasteiger partial charge in [-0.2, -0.15) is 0 Å². The normalized spacial score (nSPS) is 24.8. The number of anilines is 1. The lowest BCUT2D eigenvalue weighted by molar-refractivity contribution is 0.120. The molecule has 2 aliphatic heterocycles. The zero-order valence-electron chi connectivity index (χ0n) is 26.4. The van der Waals surface area contributed by atoms with Crippen LogP contribution in [0.15, 0.2) is 48.7 Å². The number of hydrogen-bond acceptors (Lipinski definition) is 7. The minimum atomic E-state index is 0.454. The van der Waals surface area contributed by atoms with Crippen LogP contribution in [0.3, 0.4) is 0 Å². The van der Waals surface area contributed by atoms with E-state index in [0.29, 0.717) is 12.1 Å². The fraction of sp³-hybridized carbons (Fsp3) is 0.611. The van der Waals surface area contributed by atoms with Gasteiger partial charge in [-0.15, -0.1) is 16.4 Å². The Bertz CT molecular complexity index is 1450. The number of nitrogens with one attached hydrogen (secondary N) is 1. The maximum atomic E-state index is 5.99. The number of thiophene rings is 1. The van der Waals surface area contributed by atoms with Gasteiger partial charge in [0.15, 0.2) is 5.65 Å². The van der Waals surface area contributed by atoms with Crippen molar-refractivity contribution in [2.75, 3.05) is 31.5 Å². The molecule has 2 saturated heterocycles. The molecule has 2 unspecified atom stereocenters. The molecule has 3 aromatic heterocycles. The summed E-state index contributed by atoms with van der Waals surface area (Å²) in [6.45, 7) is 4.85. The lowest BCUT2D eigenvalue weighted by Gasteiger charge is -2.40. The third-order valence-electron chi connectivity index (χ3n) is 10.5. The fourth-order valence-corrected chi connectivity index (χ4v) is 9.21. The van der Waals surface area contributed by atoms with E-state index in [1.54, 1.807) is 11.3 Å². The van der Waals surface area contributed by atoms with E-state index in [1.807, 2.05) is 10.7 Å². The molecule has 4 aromatic rings. The SMILES string of the molecule is NC1CCCN(C2CCCCC2)C1.c1ccc2sc(-c3cnc4ccc(NC5CCCN(C6CCCCC6)C5)nn34)cc2c1. The number of likely N-dealkylation sites (tertiary alicyclic amines) is 2. The summed E-state index contributed by atoms with van der Waals surface area (Å²) in [5.74, 6) is 0.948. The third-order valence-corrected chi connectivity index (χ3v) is 11.7. The zero-order chi connectivity index (χ0) is 29.7. The molecular weight excluding hydrogens is 563 g/mol. The minimum Gasteiger partial charge on any atom is -0.365 e. The Morgan fingerprint density at radius 3 is 2.18 bits per heavy atom. The van der Waals surface area contributed by atoms with E-state index < -0.39 is 0 Å². The highest BCUT2D eigenvalue weighted by molar-refractivity contribution is 7.22. The van der Waals surface area contributed by atoms with Gasteiger partial charge in [-0.3, -0.25) is 9.80 Å². The first-order chi connectivity index (χ1) is 21.7. The second-order valence-corrected chi connectivity index (χ2v) is 14.8. The van der Waals surface area contributed by atoms with E-state index in [-0.39, 0.29) is 0 Å². The van der Waals surface area contributed by atoms with Gasteiger partial charge >= 0.3 is 0 Å². The molecule has 8 rings (SSSR count). The summed E-state index contributed by atoms with van der Waals surface area (Å²) in [4.78, 5) is 11.2. The van der Waals surface area contributed by atoms with E-state index in [4.69, 9.17) is 10.8 Å². The second kappa shape index (κ2) is 14.3. The highest BCUT2D eigenvalue weighted by Gasteiger charge is 2.27. The van der Waals surface area contributed by atoms with Gasteiger partial charge < -0.3 is 11.1 Å². The number of aromatic nitrogens is 3. The fourth-order valence-electron chi connectivity index (χ4n) is 8.16. The minimum absolute atomic E-state index is 0.454. The molecule has 3 N–H and O–H groups in total. The van der Waals surface area contributed by atoms with Crippen LogP contribution in [0, 0.1) is 0 Å². The van der Waals surface area contributed by atoms with Crippen molar-refractivity contribution in [3.05, 3.63) is 48.7 Å². The van der Waals surface area contributed by atoms with Crippen molar-refractivity contribution in [2.24, 2.45) is 5.73 Å². The maximum absolute atomic E-state index is 5.99. The summed E-state index contributed by atoms with van der Waals surface area (Å²) in [5, 5.41) is 9.96. The van der Waals surface area contributed by atoms with Gasteiger partial charge in [-0.25, -0.2) is 9.50 Å². The Hall–Kier alpha value is -2.52. The average Bonchev–Trinajstić information content (AvgIpc) is 3.70. The van der Waals surface area contributed by atoms with Gasteiger partial charge in [-0.05, 0) is 94.1 Å². The van der Waals surface area contributed by atoms with Crippen molar-refractivity contribution in [1.82, 2.24) is 24.4 Å². The largest absolute Gasteiger partial charge is 0.365 e. The molecule has 236 valence electrons. The maximum Gasteiger partial charge on any atom is 0.154 e. The average molecular weight is 614 g/mol. The summed E-state index contributed by atoms with van der Waals surface area (Å²) in [6.07, 6.45) is 21.2. The quantitative estimate of drug-likeness (QED) is 0.242. The smallest absolute Gasteiger partial charge is 0.154 e. The number of fused-ring (bicyclic) bond motifs is 2. The van der Waals surface area contributed by atoms with Gasteiger partial charge in [0.05, 0.1) is 11.1 Å². The van der Waals surface area contributed by atoms with E-state index in [2.05, 4.69) is 62.6 Å². The van der Waals surface area contributed by atoms with Crippen LogP contribution >= 0.6 is 11.3 Å². The molecule has 4 fully saturated rings. The van der Waals surface area contributed by atoms with Crippen molar-refractivity contribution in [1.29, 1.82) is 0 Å². The Labute approximate surface area is 267 Å². The van der Waals surface area contributed by atoms with E-state index in [1.165, 1.54) is 118 Å². The molecule has 2 aliphatic carbocycles. The topological polar surface area (TPSA) is 74.7 Å². The van der Waals surface area contributed by atoms with Crippen molar-refractivity contribution in [3.8, 4) is 10.6 Å². The Balaban J connectivity index is 0.000000201. The summed E-state index contributed by atoms with van der Waals surface area (Å²) >= 11 is 1.80. The number of nitrogens with two attached hydrogens (primary N) is 1. The van der Waals surface area contributed by atoms with Gasteiger partial charge in [0.2, 0.25) is 0 Å². The number of imidazole rings is 1. The lowest BCUT2D eigenvalue weighted by atomic mass is 9.92. The van der Waals surface area contributed by atoms with Crippen LogP contribution in [0.4, 0.5) is 5.82 Å². The number of piperidine rings is 2. The Kier molecular flexibility index (Phi) is 9.78. The first-order valence-electron chi connectivity index (χ1n) is 17.5. The molecule has 2 atom stereocenters. The van der Waals surface area contributed by atoms with E-state index in [0.717, 1.165) is 42.3 Å².